The summed E-state index contributed by atoms with van der Waals surface area (Å²) >= 11 is 3.45. The van der Waals surface area contributed by atoms with Crippen LogP contribution in [0.4, 0.5) is 32.3 Å². The van der Waals surface area contributed by atoms with Crippen molar-refractivity contribution in [3.8, 4) is 11.3 Å². The second-order valence-corrected chi connectivity index (χ2v) is 9.06. The molecule has 0 spiro atoms. The van der Waals surface area contributed by atoms with Crippen LogP contribution >= 0.6 is 15.9 Å². The standard InChI is InChI=1S/C15H14BrN3O3.C10H8F6N/c16-12-4-2-1-3-10(12)13-11(14(20)21)9-17-15(18-13)19-5-7-22-8-6-19;1-17-5-6-2-7(9(11,12)13)4-8(3-6)10(14,15)16/h1-4,9H,5-8H2,(H,20,21);2-4H,5H2,1H3/q;-1. The predicted octanol–water partition coefficient (Wildman–Crippen LogP) is 6.67. The maximum atomic E-state index is 12.4. The van der Waals surface area contributed by atoms with Gasteiger partial charge in [0.25, 0.3) is 0 Å². The second kappa shape index (κ2) is 12.7. The highest BCUT2D eigenvalue weighted by molar-refractivity contribution is 9.10. The Morgan fingerprint density at radius 1 is 1.05 bits per heavy atom. The van der Waals surface area contributed by atoms with Crippen LogP contribution in [-0.2, 0) is 23.6 Å². The van der Waals surface area contributed by atoms with Gasteiger partial charge in [0.15, 0.2) is 0 Å². The molecule has 0 unspecified atom stereocenters. The van der Waals surface area contributed by atoms with Crippen molar-refractivity contribution < 1.29 is 41.0 Å². The van der Waals surface area contributed by atoms with E-state index in [-0.39, 0.29) is 23.7 Å². The van der Waals surface area contributed by atoms with Gasteiger partial charge in [-0.3, -0.25) is 0 Å². The largest absolute Gasteiger partial charge is 0.661 e. The topological polar surface area (TPSA) is 89.7 Å². The Balaban J connectivity index is 0.000000224. The lowest BCUT2D eigenvalue weighted by molar-refractivity contribution is -0.143. The number of carboxylic acids is 1. The summed E-state index contributed by atoms with van der Waals surface area (Å²) in [5.74, 6) is -0.515. The van der Waals surface area contributed by atoms with E-state index >= 15 is 0 Å². The van der Waals surface area contributed by atoms with Crippen LogP contribution in [0.15, 0.2) is 53.1 Å². The smallest absolute Gasteiger partial charge is 0.416 e. The first kappa shape index (κ1) is 30.3. The normalized spacial score (nSPS) is 14.0. The average molecular weight is 620 g/mol. The van der Waals surface area contributed by atoms with Crippen LogP contribution in [0, 0.1) is 0 Å². The van der Waals surface area contributed by atoms with Gasteiger partial charge in [-0.2, -0.15) is 33.4 Å². The molecule has 0 aliphatic carbocycles. The molecule has 0 atom stereocenters. The van der Waals surface area contributed by atoms with Crippen LogP contribution < -0.4 is 4.90 Å². The van der Waals surface area contributed by atoms with Gasteiger partial charge in [-0.25, -0.2) is 14.8 Å². The molecule has 2 aromatic carbocycles. The Morgan fingerprint density at radius 3 is 2.15 bits per heavy atom. The summed E-state index contributed by atoms with van der Waals surface area (Å²) in [6.07, 6.45) is -8.23. The van der Waals surface area contributed by atoms with Gasteiger partial charge in [-0.15, -0.1) is 6.54 Å². The van der Waals surface area contributed by atoms with E-state index in [2.05, 4.69) is 31.2 Å². The Morgan fingerprint density at radius 2 is 1.64 bits per heavy atom. The van der Waals surface area contributed by atoms with Crippen LogP contribution in [0.1, 0.15) is 27.0 Å². The summed E-state index contributed by atoms with van der Waals surface area (Å²) < 4.78 is 80.4. The first-order chi connectivity index (χ1) is 18.3. The number of benzene rings is 2. The molecule has 0 radical (unpaired) electrons. The highest BCUT2D eigenvalue weighted by Gasteiger charge is 2.36. The Kier molecular flexibility index (Phi) is 9.91. The van der Waals surface area contributed by atoms with E-state index in [1.54, 1.807) is 0 Å². The summed E-state index contributed by atoms with van der Waals surface area (Å²) in [5.41, 5.74) is -1.51. The lowest BCUT2D eigenvalue weighted by Crippen LogP contribution is -2.37. The van der Waals surface area contributed by atoms with Crippen molar-refractivity contribution in [1.82, 2.24) is 9.97 Å². The number of hydrogen-bond donors (Lipinski definition) is 1. The summed E-state index contributed by atoms with van der Waals surface area (Å²) in [6.45, 7) is 2.44. The molecule has 3 aromatic rings. The zero-order valence-corrected chi connectivity index (χ0v) is 21.9. The molecule has 7 nitrogen and oxygen atoms in total. The number of hydrogen-bond acceptors (Lipinski definition) is 5. The molecule has 210 valence electrons. The second-order valence-electron chi connectivity index (χ2n) is 8.21. The minimum atomic E-state index is -4.80. The number of aromatic carboxylic acids is 1. The maximum Gasteiger partial charge on any atom is 0.416 e. The lowest BCUT2D eigenvalue weighted by atomic mass is 10.0. The first-order valence-corrected chi connectivity index (χ1v) is 12.1. The molecule has 4 rings (SSSR count). The quantitative estimate of drug-likeness (QED) is 0.321. The van der Waals surface area contributed by atoms with Gasteiger partial charge in [0.2, 0.25) is 5.95 Å². The SMILES string of the molecule is C[N-]Cc1cc(C(F)(F)F)cc(C(F)(F)F)c1.O=C(O)c1cnc(N2CCOCC2)nc1-c1ccccc1Br. The van der Waals surface area contributed by atoms with Crippen molar-refractivity contribution in [3.05, 3.63) is 80.7 Å². The van der Waals surface area contributed by atoms with E-state index in [9.17, 15) is 36.2 Å². The van der Waals surface area contributed by atoms with Crippen molar-refractivity contribution in [1.29, 1.82) is 0 Å². The molecule has 1 aliphatic rings. The van der Waals surface area contributed by atoms with Gasteiger partial charge in [-0.1, -0.05) is 39.7 Å². The predicted molar refractivity (Wildman–Crippen MR) is 135 cm³/mol. The zero-order valence-electron chi connectivity index (χ0n) is 20.4. The van der Waals surface area contributed by atoms with E-state index in [4.69, 9.17) is 4.74 Å². The molecule has 2 heterocycles. The maximum absolute atomic E-state index is 12.4. The van der Waals surface area contributed by atoms with Crippen LogP contribution in [0.5, 0.6) is 0 Å². The first-order valence-electron chi connectivity index (χ1n) is 11.3. The number of anilines is 1. The molecule has 0 bridgehead atoms. The van der Waals surface area contributed by atoms with E-state index in [1.165, 1.54) is 13.2 Å². The fourth-order valence-corrected chi connectivity index (χ4v) is 4.07. The van der Waals surface area contributed by atoms with E-state index < -0.39 is 29.4 Å². The van der Waals surface area contributed by atoms with Gasteiger partial charge in [-0.05, 0) is 24.3 Å². The van der Waals surface area contributed by atoms with Gasteiger partial charge in [0.1, 0.15) is 5.56 Å². The van der Waals surface area contributed by atoms with Gasteiger partial charge < -0.3 is 20.1 Å². The molecule has 1 aromatic heterocycles. The molecule has 0 saturated carbocycles. The molecular formula is C25H22BrF6N4O3-. The monoisotopic (exact) mass is 619 g/mol. The van der Waals surface area contributed by atoms with Crippen molar-refractivity contribution in [3.63, 3.8) is 0 Å². The molecular weight excluding hydrogens is 598 g/mol. The summed E-state index contributed by atoms with van der Waals surface area (Å²) in [7, 11) is 1.31. The van der Waals surface area contributed by atoms with Crippen molar-refractivity contribution in [2.75, 3.05) is 38.3 Å². The van der Waals surface area contributed by atoms with Gasteiger partial charge >= 0.3 is 18.3 Å². The fourth-order valence-electron chi connectivity index (χ4n) is 3.60. The van der Waals surface area contributed by atoms with Crippen molar-refractivity contribution in [2.45, 2.75) is 18.9 Å². The van der Waals surface area contributed by atoms with Crippen LogP contribution in [0.2, 0.25) is 0 Å². The number of aromatic nitrogens is 2. The number of ether oxygens (including phenoxy) is 1. The number of alkyl halides is 6. The zero-order chi connectivity index (χ0) is 28.8. The fraction of sp³-hybridized carbons (Fsp3) is 0.320. The summed E-state index contributed by atoms with van der Waals surface area (Å²) in [5, 5.41) is 12.9. The summed E-state index contributed by atoms with van der Waals surface area (Å²) in [4.78, 5) is 22.2. The van der Waals surface area contributed by atoms with E-state index in [1.807, 2.05) is 29.2 Å². The molecule has 39 heavy (non-hydrogen) atoms. The third-order valence-electron chi connectivity index (χ3n) is 5.42. The van der Waals surface area contributed by atoms with Crippen LogP contribution in [0.25, 0.3) is 16.6 Å². The minimum absolute atomic E-state index is 0.0870. The Hall–Kier alpha value is -3.23. The van der Waals surface area contributed by atoms with Gasteiger partial charge in [0.05, 0.1) is 30.0 Å². The number of carboxylic acid groups (broad SMARTS) is 1. The molecule has 14 heteroatoms. The highest BCUT2D eigenvalue weighted by Crippen LogP contribution is 2.36. The van der Waals surface area contributed by atoms with Crippen LogP contribution in [-0.4, -0.2) is 54.4 Å². The molecule has 1 fully saturated rings. The minimum Gasteiger partial charge on any atom is -0.661 e. The van der Waals surface area contributed by atoms with Crippen molar-refractivity contribution >= 4 is 27.8 Å². The lowest BCUT2D eigenvalue weighted by Gasteiger charge is -2.27. The number of morpholine rings is 1. The number of halogens is 7. The average Bonchev–Trinajstić information content (AvgIpc) is 2.88. The highest BCUT2D eigenvalue weighted by atomic mass is 79.9. The number of rotatable bonds is 5. The third-order valence-corrected chi connectivity index (χ3v) is 6.11. The number of carbonyl (C=O) groups is 1. The molecule has 1 aliphatic heterocycles. The molecule has 0 amide bonds. The van der Waals surface area contributed by atoms with E-state index in [0.29, 0.717) is 50.1 Å². The number of nitrogens with zero attached hydrogens (tertiary/aromatic N) is 4. The van der Waals surface area contributed by atoms with Crippen LogP contribution in [0.3, 0.4) is 0 Å². The van der Waals surface area contributed by atoms with E-state index in [0.717, 1.165) is 10.0 Å². The van der Waals surface area contributed by atoms with Gasteiger partial charge in [0, 0.05) is 29.3 Å². The van der Waals surface area contributed by atoms with Crippen molar-refractivity contribution in [2.24, 2.45) is 0 Å². The molecule has 1 N–H and O–H groups in total. The third kappa shape index (κ3) is 8.13. The summed E-state index contributed by atoms with van der Waals surface area (Å²) in [6, 6.07) is 8.85. The Labute approximate surface area is 228 Å². The Bertz CT molecular complexity index is 1270. The molecule has 1 saturated heterocycles.